The summed E-state index contributed by atoms with van der Waals surface area (Å²) in [6.45, 7) is 2.13. The maximum Gasteiger partial charge on any atom is 0.251 e. The number of methoxy groups -OCH3 is 2. The van der Waals surface area contributed by atoms with Gasteiger partial charge < -0.3 is 20.1 Å². The van der Waals surface area contributed by atoms with Crippen molar-refractivity contribution in [2.24, 2.45) is 0 Å². The maximum atomic E-state index is 12.1. The van der Waals surface area contributed by atoms with Crippen molar-refractivity contribution in [1.82, 2.24) is 5.32 Å². The zero-order valence-corrected chi connectivity index (χ0v) is 15.6. The Morgan fingerprint density at radius 1 is 1.08 bits per heavy atom. The lowest BCUT2D eigenvalue weighted by Crippen LogP contribution is -2.27. The van der Waals surface area contributed by atoms with Gasteiger partial charge in [-0.25, -0.2) is 0 Å². The predicted octanol–water partition coefficient (Wildman–Crippen LogP) is 3.42. The van der Waals surface area contributed by atoms with Crippen LogP contribution in [0.1, 0.15) is 22.3 Å². The van der Waals surface area contributed by atoms with E-state index in [0.29, 0.717) is 27.8 Å². The SMILES string of the molecule is COc1cc(Cl)c(NC(=O)CCNC(=O)c2cccc(C)c2)cc1OC. The number of anilines is 1. The summed E-state index contributed by atoms with van der Waals surface area (Å²) in [4.78, 5) is 24.1. The first kappa shape index (κ1) is 19.6. The van der Waals surface area contributed by atoms with Gasteiger partial charge in [0.05, 0.1) is 24.9 Å². The first-order chi connectivity index (χ1) is 12.4. The first-order valence-corrected chi connectivity index (χ1v) is 8.38. The highest BCUT2D eigenvalue weighted by molar-refractivity contribution is 6.34. The van der Waals surface area contributed by atoms with E-state index in [2.05, 4.69) is 10.6 Å². The molecule has 0 atom stereocenters. The normalized spacial score (nSPS) is 10.2. The number of hydrogen-bond acceptors (Lipinski definition) is 4. The van der Waals surface area contributed by atoms with E-state index in [4.69, 9.17) is 21.1 Å². The smallest absolute Gasteiger partial charge is 0.251 e. The van der Waals surface area contributed by atoms with E-state index >= 15 is 0 Å². The van der Waals surface area contributed by atoms with Crippen molar-refractivity contribution >= 4 is 29.1 Å². The molecular weight excluding hydrogens is 356 g/mol. The van der Waals surface area contributed by atoms with Gasteiger partial charge in [0.2, 0.25) is 5.91 Å². The summed E-state index contributed by atoms with van der Waals surface area (Å²) >= 11 is 6.14. The van der Waals surface area contributed by atoms with Crippen molar-refractivity contribution < 1.29 is 19.1 Å². The molecule has 7 heteroatoms. The number of halogens is 1. The van der Waals surface area contributed by atoms with Crippen LogP contribution < -0.4 is 20.1 Å². The van der Waals surface area contributed by atoms with Gasteiger partial charge in [0.15, 0.2) is 11.5 Å². The molecule has 0 aliphatic rings. The molecule has 0 aromatic heterocycles. The fraction of sp³-hybridized carbons (Fsp3) is 0.263. The largest absolute Gasteiger partial charge is 0.493 e. The van der Waals surface area contributed by atoms with Crippen LogP contribution in [0, 0.1) is 6.92 Å². The van der Waals surface area contributed by atoms with Gasteiger partial charge in [-0.05, 0) is 19.1 Å². The van der Waals surface area contributed by atoms with E-state index < -0.39 is 0 Å². The summed E-state index contributed by atoms with van der Waals surface area (Å²) in [5.74, 6) is 0.440. The van der Waals surface area contributed by atoms with Crippen LogP contribution in [-0.4, -0.2) is 32.6 Å². The molecule has 0 radical (unpaired) electrons. The minimum atomic E-state index is -0.274. The zero-order chi connectivity index (χ0) is 19.1. The lowest BCUT2D eigenvalue weighted by molar-refractivity contribution is -0.116. The second kappa shape index (κ2) is 9.10. The summed E-state index contributed by atoms with van der Waals surface area (Å²) in [5, 5.41) is 5.76. The third kappa shape index (κ3) is 5.13. The fourth-order valence-electron chi connectivity index (χ4n) is 2.34. The number of rotatable bonds is 7. The van der Waals surface area contributed by atoms with Crippen LogP contribution in [0.3, 0.4) is 0 Å². The molecule has 2 aromatic rings. The summed E-state index contributed by atoms with van der Waals surface area (Å²) < 4.78 is 10.3. The number of aryl methyl sites for hydroxylation is 1. The molecule has 0 heterocycles. The van der Waals surface area contributed by atoms with Crippen LogP contribution in [0.2, 0.25) is 5.02 Å². The van der Waals surface area contributed by atoms with Crippen molar-refractivity contribution in [3.05, 3.63) is 52.5 Å². The Morgan fingerprint density at radius 2 is 1.77 bits per heavy atom. The molecular formula is C19H21ClN2O4. The van der Waals surface area contributed by atoms with E-state index in [-0.39, 0.29) is 24.8 Å². The van der Waals surface area contributed by atoms with E-state index in [0.717, 1.165) is 5.56 Å². The van der Waals surface area contributed by atoms with Gasteiger partial charge in [-0.2, -0.15) is 0 Å². The second-order valence-corrected chi connectivity index (χ2v) is 6.02. The molecule has 2 rings (SSSR count). The Hall–Kier alpha value is -2.73. The zero-order valence-electron chi connectivity index (χ0n) is 14.9. The molecule has 0 saturated heterocycles. The lowest BCUT2D eigenvalue weighted by atomic mass is 10.1. The van der Waals surface area contributed by atoms with Gasteiger partial charge in [-0.15, -0.1) is 0 Å². The molecule has 2 aromatic carbocycles. The molecule has 0 bridgehead atoms. The quantitative estimate of drug-likeness (QED) is 0.776. The lowest BCUT2D eigenvalue weighted by Gasteiger charge is -2.13. The van der Waals surface area contributed by atoms with Crippen LogP contribution in [0.25, 0.3) is 0 Å². The van der Waals surface area contributed by atoms with Gasteiger partial charge in [0, 0.05) is 30.7 Å². The number of nitrogens with one attached hydrogen (secondary N) is 2. The van der Waals surface area contributed by atoms with Crippen molar-refractivity contribution in [1.29, 1.82) is 0 Å². The molecule has 0 aliphatic carbocycles. The fourth-order valence-corrected chi connectivity index (χ4v) is 2.54. The van der Waals surface area contributed by atoms with Crippen LogP contribution in [-0.2, 0) is 4.79 Å². The van der Waals surface area contributed by atoms with Crippen molar-refractivity contribution in [2.45, 2.75) is 13.3 Å². The van der Waals surface area contributed by atoms with Crippen molar-refractivity contribution in [2.75, 3.05) is 26.1 Å². The minimum absolute atomic E-state index is 0.113. The topological polar surface area (TPSA) is 76.7 Å². The molecule has 138 valence electrons. The second-order valence-electron chi connectivity index (χ2n) is 5.61. The first-order valence-electron chi connectivity index (χ1n) is 8.01. The Bertz CT molecular complexity index is 808. The predicted molar refractivity (Wildman–Crippen MR) is 101 cm³/mol. The van der Waals surface area contributed by atoms with Crippen LogP contribution in [0.4, 0.5) is 5.69 Å². The van der Waals surface area contributed by atoms with Crippen molar-refractivity contribution in [3.63, 3.8) is 0 Å². The van der Waals surface area contributed by atoms with Gasteiger partial charge in [-0.3, -0.25) is 9.59 Å². The molecule has 0 fully saturated rings. The molecule has 0 unspecified atom stereocenters. The third-order valence-corrected chi connectivity index (χ3v) is 3.98. The highest BCUT2D eigenvalue weighted by Gasteiger charge is 2.13. The number of carbonyl (C=O) groups excluding carboxylic acids is 2. The number of amides is 2. The number of ether oxygens (including phenoxy) is 2. The van der Waals surface area contributed by atoms with E-state index in [1.165, 1.54) is 14.2 Å². The minimum Gasteiger partial charge on any atom is -0.493 e. The van der Waals surface area contributed by atoms with Gasteiger partial charge in [-0.1, -0.05) is 29.3 Å². The van der Waals surface area contributed by atoms with E-state index in [1.807, 2.05) is 19.1 Å². The molecule has 2 N–H and O–H groups in total. The summed E-state index contributed by atoms with van der Waals surface area (Å²) in [7, 11) is 3.00. The van der Waals surface area contributed by atoms with Gasteiger partial charge >= 0.3 is 0 Å². The Labute approximate surface area is 157 Å². The molecule has 6 nitrogen and oxygen atoms in total. The third-order valence-electron chi connectivity index (χ3n) is 3.67. The van der Waals surface area contributed by atoms with Crippen LogP contribution in [0.5, 0.6) is 11.5 Å². The number of hydrogen-bond donors (Lipinski definition) is 2. The van der Waals surface area contributed by atoms with E-state index in [9.17, 15) is 9.59 Å². The number of benzene rings is 2. The summed E-state index contributed by atoms with van der Waals surface area (Å²) in [6.07, 6.45) is 0.113. The molecule has 0 saturated carbocycles. The van der Waals surface area contributed by atoms with Crippen LogP contribution in [0.15, 0.2) is 36.4 Å². The molecule has 2 amide bonds. The Balaban J connectivity index is 1.90. The monoisotopic (exact) mass is 376 g/mol. The van der Waals surface area contributed by atoms with Gasteiger partial charge in [0.1, 0.15) is 0 Å². The molecule has 0 aliphatic heterocycles. The molecule has 26 heavy (non-hydrogen) atoms. The molecule has 0 spiro atoms. The maximum absolute atomic E-state index is 12.1. The highest BCUT2D eigenvalue weighted by Crippen LogP contribution is 2.36. The van der Waals surface area contributed by atoms with Gasteiger partial charge in [0.25, 0.3) is 5.91 Å². The Morgan fingerprint density at radius 3 is 2.42 bits per heavy atom. The highest BCUT2D eigenvalue weighted by atomic mass is 35.5. The standard InChI is InChI=1S/C19H21ClN2O4/c1-12-5-4-6-13(9-12)19(24)21-8-7-18(23)22-15-11-17(26-3)16(25-2)10-14(15)20/h4-6,9-11H,7-8H2,1-3H3,(H,21,24)(H,22,23). The summed E-state index contributed by atoms with van der Waals surface area (Å²) in [6, 6.07) is 10.4. The van der Waals surface area contributed by atoms with E-state index in [1.54, 1.807) is 24.3 Å². The summed E-state index contributed by atoms with van der Waals surface area (Å²) in [5.41, 5.74) is 1.98. The van der Waals surface area contributed by atoms with Crippen LogP contribution >= 0.6 is 11.6 Å². The Kier molecular flexibility index (Phi) is 6.86. The van der Waals surface area contributed by atoms with Crippen molar-refractivity contribution in [3.8, 4) is 11.5 Å². The average Bonchev–Trinajstić information content (AvgIpc) is 2.62. The number of carbonyl (C=O) groups is 2. The average molecular weight is 377 g/mol.